The monoisotopic (exact) mass is 331 g/mol. The van der Waals surface area contributed by atoms with E-state index in [9.17, 15) is 8.78 Å². The maximum atomic E-state index is 14.0. The minimum absolute atomic E-state index is 0.137. The van der Waals surface area contributed by atoms with Gasteiger partial charge in [-0.05, 0) is 58.8 Å². The third kappa shape index (κ3) is 3.16. The highest BCUT2D eigenvalue weighted by molar-refractivity contribution is 9.10. The van der Waals surface area contributed by atoms with Gasteiger partial charge in [0.2, 0.25) is 0 Å². The van der Waals surface area contributed by atoms with E-state index >= 15 is 0 Å². The predicted molar refractivity (Wildman–Crippen MR) is 77.1 cm³/mol. The van der Waals surface area contributed by atoms with Gasteiger partial charge in [0.1, 0.15) is 11.6 Å². The summed E-state index contributed by atoms with van der Waals surface area (Å²) in [5.74, 6) is -0.436. The summed E-state index contributed by atoms with van der Waals surface area (Å²) in [5.41, 5.74) is 0.467. The van der Waals surface area contributed by atoms with Crippen LogP contribution in [0.3, 0.4) is 0 Å². The molecule has 0 saturated heterocycles. The minimum Gasteiger partial charge on any atom is -0.314 e. The summed E-state index contributed by atoms with van der Waals surface area (Å²) in [6, 6.07) is 2.87. The molecule has 1 saturated carbocycles. The summed E-state index contributed by atoms with van der Waals surface area (Å²) in [6.07, 6.45) is 1.51. The molecule has 0 amide bonds. The number of rotatable bonds is 5. The van der Waals surface area contributed by atoms with Gasteiger partial charge in [-0.15, -0.1) is 0 Å². The second kappa shape index (κ2) is 5.49. The molecule has 1 N–H and O–H groups in total. The Morgan fingerprint density at radius 2 is 2.05 bits per heavy atom. The SMILES string of the molecule is CCNC(Cc1c(F)ccc(Br)c1F)C1CC1(C)C. The summed E-state index contributed by atoms with van der Waals surface area (Å²) in [4.78, 5) is 0. The van der Waals surface area contributed by atoms with Crippen LogP contribution in [0, 0.1) is 23.0 Å². The van der Waals surface area contributed by atoms with Crippen molar-refractivity contribution in [2.75, 3.05) is 6.54 Å². The van der Waals surface area contributed by atoms with Crippen LogP contribution in [0.25, 0.3) is 0 Å². The molecule has 0 aromatic heterocycles. The molecule has 1 aliphatic carbocycles. The largest absolute Gasteiger partial charge is 0.314 e. The lowest BCUT2D eigenvalue weighted by atomic mass is 9.96. The second-order valence-electron chi connectivity index (χ2n) is 5.99. The molecular formula is C15H20BrF2N. The fourth-order valence-corrected chi connectivity index (χ4v) is 3.16. The van der Waals surface area contributed by atoms with E-state index in [4.69, 9.17) is 0 Å². The summed E-state index contributed by atoms with van der Waals surface area (Å²) in [7, 11) is 0. The molecule has 0 radical (unpaired) electrons. The molecule has 0 aliphatic heterocycles. The van der Waals surface area contributed by atoms with Gasteiger partial charge in [-0.2, -0.15) is 0 Å². The number of hydrogen-bond donors (Lipinski definition) is 1. The van der Waals surface area contributed by atoms with Gasteiger partial charge in [0.25, 0.3) is 0 Å². The average molecular weight is 332 g/mol. The normalized spacial score (nSPS) is 22.3. The minimum atomic E-state index is -0.471. The molecule has 1 aromatic rings. The predicted octanol–water partition coefficient (Wildman–Crippen LogP) is 4.29. The van der Waals surface area contributed by atoms with E-state index in [0.29, 0.717) is 16.8 Å². The van der Waals surface area contributed by atoms with Gasteiger partial charge in [-0.25, -0.2) is 8.78 Å². The molecule has 2 unspecified atom stereocenters. The van der Waals surface area contributed by atoms with E-state index in [2.05, 4.69) is 35.1 Å². The van der Waals surface area contributed by atoms with Crippen LogP contribution in [0.15, 0.2) is 16.6 Å². The lowest BCUT2D eigenvalue weighted by Gasteiger charge is -2.20. The summed E-state index contributed by atoms with van der Waals surface area (Å²) >= 11 is 3.12. The quantitative estimate of drug-likeness (QED) is 0.793. The lowest BCUT2D eigenvalue weighted by molar-refractivity contribution is 0.398. The molecule has 2 rings (SSSR count). The molecule has 1 aliphatic rings. The fourth-order valence-electron chi connectivity index (χ4n) is 2.79. The third-order valence-corrected chi connectivity index (χ3v) is 4.72. The van der Waals surface area contributed by atoms with Crippen molar-refractivity contribution in [2.45, 2.75) is 39.7 Å². The molecule has 1 fully saturated rings. The molecule has 2 atom stereocenters. The van der Waals surface area contributed by atoms with Crippen LogP contribution in [-0.2, 0) is 6.42 Å². The molecule has 106 valence electrons. The zero-order valence-corrected chi connectivity index (χ0v) is 13.2. The van der Waals surface area contributed by atoms with Crippen molar-refractivity contribution >= 4 is 15.9 Å². The van der Waals surface area contributed by atoms with Gasteiger partial charge in [0, 0.05) is 11.6 Å². The van der Waals surface area contributed by atoms with Crippen molar-refractivity contribution in [1.29, 1.82) is 0 Å². The lowest BCUT2D eigenvalue weighted by Crippen LogP contribution is -2.35. The highest BCUT2D eigenvalue weighted by Gasteiger charge is 2.49. The number of likely N-dealkylation sites (N-methyl/N-ethyl adjacent to an activating group) is 1. The van der Waals surface area contributed by atoms with Crippen molar-refractivity contribution in [3.63, 3.8) is 0 Å². The Bertz CT molecular complexity index is 473. The van der Waals surface area contributed by atoms with E-state index in [1.54, 1.807) is 0 Å². The molecule has 0 bridgehead atoms. The van der Waals surface area contributed by atoms with E-state index in [1.165, 1.54) is 12.1 Å². The first-order chi connectivity index (χ1) is 8.86. The maximum absolute atomic E-state index is 14.0. The molecule has 4 heteroatoms. The summed E-state index contributed by atoms with van der Waals surface area (Å²) < 4.78 is 28.2. The van der Waals surface area contributed by atoms with E-state index in [-0.39, 0.29) is 17.0 Å². The van der Waals surface area contributed by atoms with Crippen molar-refractivity contribution in [2.24, 2.45) is 11.3 Å². The number of halogens is 3. The van der Waals surface area contributed by atoms with Crippen molar-refractivity contribution in [3.8, 4) is 0 Å². The Labute approximate surface area is 121 Å². The Morgan fingerprint density at radius 3 is 2.58 bits per heavy atom. The summed E-state index contributed by atoms with van der Waals surface area (Å²) in [6.45, 7) is 7.25. The van der Waals surface area contributed by atoms with Gasteiger partial charge in [-0.1, -0.05) is 20.8 Å². The van der Waals surface area contributed by atoms with E-state index < -0.39 is 11.6 Å². The van der Waals surface area contributed by atoms with Gasteiger partial charge in [0.05, 0.1) is 4.47 Å². The number of nitrogens with one attached hydrogen (secondary N) is 1. The van der Waals surface area contributed by atoms with Gasteiger partial charge in [-0.3, -0.25) is 0 Å². The van der Waals surface area contributed by atoms with Gasteiger partial charge < -0.3 is 5.32 Å². The topological polar surface area (TPSA) is 12.0 Å². The van der Waals surface area contributed by atoms with Crippen LogP contribution < -0.4 is 5.32 Å². The Hall–Kier alpha value is -0.480. The molecule has 1 nitrogen and oxygen atoms in total. The Kier molecular flexibility index (Phi) is 4.31. The smallest absolute Gasteiger partial charge is 0.143 e. The molecule has 19 heavy (non-hydrogen) atoms. The summed E-state index contributed by atoms with van der Waals surface area (Å²) in [5, 5.41) is 3.37. The van der Waals surface area contributed by atoms with Crippen molar-refractivity contribution < 1.29 is 8.78 Å². The fraction of sp³-hybridized carbons (Fsp3) is 0.600. The Balaban J connectivity index is 2.20. The van der Waals surface area contributed by atoms with Crippen LogP contribution >= 0.6 is 15.9 Å². The van der Waals surface area contributed by atoms with Crippen LogP contribution in [0.5, 0.6) is 0 Å². The van der Waals surface area contributed by atoms with Crippen LogP contribution in [0.4, 0.5) is 8.78 Å². The highest BCUT2D eigenvalue weighted by atomic mass is 79.9. The zero-order chi connectivity index (χ0) is 14.2. The van der Waals surface area contributed by atoms with Crippen molar-refractivity contribution in [3.05, 3.63) is 33.8 Å². The van der Waals surface area contributed by atoms with Crippen LogP contribution in [-0.4, -0.2) is 12.6 Å². The first-order valence-electron chi connectivity index (χ1n) is 6.72. The number of hydrogen-bond acceptors (Lipinski definition) is 1. The van der Waals surface area contributed by atoms with Crippen molar-refractivity contribution in [1.82, 2.24) is 5.32 Å². The van der Waals surface area contributed by atoms with Gasteiger partial charge in [0.15, 0.2) is 0 Å². The standard InChI is InChI=1S/C15H20BrF2N/c1-4-19-13(10-8-15(10,2)3)7-9-12(17)6-5-11(16)14(9)18/h5-6,10,13,19H,4,7-8H2,1-3H3. The van der Waals surface area contributed by atoms with Crippen LogP contribution in [0.1, 0.15) is 32.8 Å². The molecular weight excluding hydrogens is 312 g/mol. The molecule has 1 aromatic carbocycles. The Morgan fingerprint density at radius 1 is 1.42 bits per heavy atom. The third-order valence-electron chi connectivity index (χ3n) is 4.10. The van der Waals surface area contributed by atoms with Crippen LogP contribution in [0.2, 0.25) is 0 Å². The maximum Gasteiger partial charge on any atom is 0.143 e. The van der Waals surface area contributed by atoms with Gasteiger partial charge >= 0.3 is 0 Å². The molecule has 0 spiro atoms. The average Bonchev–Trinajstić information content (AvgIpc) is 2.97. The van der Waals surface area contributed by atoms with E-state index in [0.717, 1.165) is 13.0 Å². The van der Waals surface area contributed by atoms with E-state index in [1.807, 2.05) is 6.92 Å². The first-order valence-corrected chi connectivity index (χ1v) is 7.52. The molecule has 0 heterocycles. The highest BCUT2D eigenvalue weighted by Crippen LogP contribution is 2.54. The first kappa shape index (κ1) is 14.9. The number of benzene rings is 1. The second-order valence-corrected chi connectivity index (χ2v) is 6.84. The zero-order valence-electron chi connectivity index (χ0n) is 11.6.